The molecule has 2 aliphatic rings. The van der Waals surface area contributed by atoms with Crippen LogP contribution in [-0.4, -0.2) is 62.2 Å². The molecule has 5 rings (SSSR count). The van der Waals surface area contributed by atoms with E-state index in [0.717, 1.165) is 16.8 Å². The molecule has 2 aromatic carbocycles. The molecule has 1 unspecified atom stereocenters. The molecule has 184 valence electrons. The third-order valence-electron chi connectivity index (χ3n) is 6.21. The van der Waals surface area contributed by atoms with E-state index in [-0.39, 0.29) is 17.9 Å². The Hall–Kier alpha value is -3.32. The fourth-order valence-electron chi connectivity index (χ4n) is 4.42. The van der Waals surface area contributed by atoms with Crippen LogP contribution in [0.25, 0.3) is 11.3 Å². The third-order valence-corrected chi connectivity index (χ3v) is 6.21. The molecule has 9 nitrogen and oxygen atoms in total. The van der Waals surface area contributed by atoms with Gasteiger partial charge in [0, 0.05) is 11.1 Å². The van der Waals surface area contributed by atoms with Gasteiger partial charge in [-0.1, -0.05) is 35.5 Å². The van der Waals surface area contributed by atoms with Gasteiger partial charge in [0.15, 0.2) is 29.3 Å². The lowest BCUT2D eigenvalue weighted by molar-refractivity contribution is -0.359. The van der Waals surface area contributed by atoms with Crippen LogP contribution in [-0.2, 0) is 24.8 Å². The Morgan fingerprint density at radius 1 is 1.17 bits per heavy atom. The van der Waals surface area contributed by atoms with E-state index in [0.29, 0.717) is 5.56 Å². The van der Waals surface area contributed by atoms with Gasteiger partial charge in [-0.2, -0.15) is 0 Å². The van der Waals surface area contributed by atoms with E-state index < -0.39 is 59.7 Å². The Balaban J connectivity index is 1.53. The van der Waals surface area contributed by atoms with Crippen LogP contribution >= 0.6 is 0 Å². The zero-order valence-electron chi connectivity index (χ0n) is 18.2. The minimum atomic E-state index is -1.62. The second kappa shape index (κ2) is 8.72. The summed E-state index contributed by atoms with van der Waals surface area (Å²) in [6, 6.07) is 9.41. The first-order chi connectivity index (χ1) is 16.7. The minimum Gasteiger partial charge on any atom is -0.479 e. The number of ether oxygens (including phenoxy) is 3. The Labute approximate surface area is 196 Å². The number of halogens is 3. The molecule has 35 heavy (non-hydrogen) atoms. The van der Waals surface area contributed by atoms with Crippen molar-refractivity contribution in [3.05, 3.63) is 71.7 Å². The highest BCUT2D eigenvalue weighted by atomic mass is 19.2. The summed E-state index contributed by atoms with van der Waals surface area (Å²) in [6.07, 6.45) is -3.79. The number of hydrogen-bond acceptors (Lipinski definition) is 7. The third kappa shape index (κ3) is 4.08. The van der Waals surface area contributed by atoms with Crippen molar-refractivity contribution >= 4 is 5.97 Å². The average molecular weight is 491 g/mol. The zero-order chi connectivity index (χ0) is 24.9. The molecular weight excluding hydrogens is 471 g/mol. The quantitative estimate of drug-likeness (QED) is 0.535. The van der Waals surface area contributed by atoms with E-state index in [4.69, 9.17) is 14.2 Å². The number of carboxylic acid groups (broad SMARTS) is 1. The van der Waals surface area contributed by atoms with Crippen molar-refractivity contribution < 1.29 is 42.4 Å². The Morgan fingerprint density at radius 3 is 2.51 bits per heavy atom. The molecule has 2 fully saturated rings. The first-order valence-corrected chi connectivity index (χ1v) is 10.7. The van der Waals surface area contributed by atoms with Gasteiger partial charge < -0.3 is 24.4 Å². The molecule has 0 saturated carbocycles. The number of aliphatic hydroxyl groups excluding tert-OH is 1. The molecule has 0 spiro atoms. The van der Waals surface area contributed by atoms with Crippen molar-refractivity contribution in [2.24, 2.45) is 0 Å². The van der Waals surface area contributed by atoms with Gasteiger partial charge in [0.05, 0.1) is 12.8 Å². The van der Waals surface area contributed by atoms with Gasteiger partial charge in [-0.15, -0.1) is 5.10 Å². The van der Waals surface area contributed by atoms with Gasteiger partial charge >= 0.3 is 5.97 Å². The van der Waals surface area contributed by atoms with Crippen LogP contribution in [0.15, 0.2) is 48.7 Å². The van der Waals surface area contributed by atoms with E-state index in [1.807, 2.05) is 6.07 Å². The maximum absolute atomic E-state index is 13.7. The van der Waals surface area contributed by atoms with Crippen LogP contribution in [0.1, 0.15) is 18.5 Å². The predicted molar refractivity (Wildman–Crippen MR) is 111 cm³/mol. The van der Waals surface area contributed by atoms with Crippen LogP contribution in [0.5, 0.6) is 0 Å². The van der Waals surface area contributed by atoms with E-state index in [2.05, 4.69) is 10.3 Å². The number of fused-ring (bicyclic) bond motifs is 1. The monoisotopic (exact) mass is 491 g/mol. The maximum atomic E-state index is 13.7. The Bertz CT molecular complexity index is 1240. The summed E-state index contributed by atoms with van der Waals surface area (Å²) in [7, 11) is 0. The first kappa shape index (κ1) is 23.4. The van der Waals surface area contributed by atoms with E-state index in [1.54, 1.807) is 31.2 Å². The van der Waals surface area contributed by atoms with E-state index in [1.165, 1.54) is 6.20 Å². The number of hydrogen-bond donors (Lipinski definition) is 2. The van der Waals surface area contributed by atoms with Gasteiger partial charge in [-0.3, -0.25) is 0 Å². The summed E-state index contributed by atoms with van der Waals surface area (Å²) in [5.74, 6) is -7.08. The lowest BCUT2D eigenvalue weighted by Crippen LogP contribution is -2.63. The number of rotatable bonds is 4. The summed E-state index contributed by atoms with van der Waals surface area (Å²) >= 11 is 0. The predicted octanol–water partition coefficient (Wildman–Crippen LogP) is 2.40. The maximum Gasteiger partial charge on any atom is 0.335 e. The van der Waals surface area contributed by atoms with E-state index in [9.17, 15) is 28.2 Å². The normalized spacial score (nSPS) is 30.6. The second-order valence-corrected chi connectivity index (χ2v) is 8.46. The molecule has 2 saturated heterocycles. The highest BCUT2D eigenvalue weighted by Gasteiger charge is 2.55. The fourth-order valence-corrected chi connectivity index (χ4v) is 4.42. The van der Waals surface area contributed by atoms with Gasteiger partial charge in [-0.05, 0) is 19.1 Å². The molecule has 3 aromatic rings. The number of benzene rings is 2. The van der Waals surface area contributed by atoms with Gasteiger partial charge in [0.1, 0.15) is 30.0 Å². The molecule has 0 bridgehead atoms. The molecule has 0 amide bonds. The van der Waals surface area contributed by atoms with Crippen molar-refractivity contribution in [1.29, 1.82) is 0 Å². The molecule has 2 N–H and O–H groups in total. The Morgan fingerprint density at radius 2 is 1.86 bits per heavy atom. The fraction of sp³-hybridized carbons (Fsp3) is 0.348. The summed E-state index contributed by atoms with van der Waals surface area (Å²) in [5, 5.41) is 28.4. The van der Waals surface area contributed by atoms with Crippen LogP contribution in [0.4, 0.5) is 13.2 Å². The molecular formula is C23H20F3N3O6. The van der Waals surface area contributed by atoms with Crippen molar-refractivity contribution in [2.75, 3.05) is 6.61 Å². The lowest BCUT2D eigenvalue weighted by Gasteiger charge is -2.50. The van der Waals surface area contributed by atoms with Crippen molar-refractivity contribution in [1.82, 2.24) is 15.0 Å². The minimum absolute atomic E-state index is 0.0252. The molecule has 12 heteroatoms. The van der Waals surface area contributed by atoms with Crippen LogP contribution < -0.4 is 0 Å². The van der Waals surface area contributed by atoms with Crippen LogP contribution in [0.2, 0.25) is 0 Å². The SMILES string of the molecule is CC1(c2ccccc2)OC[C@H]2O[C@@H](C(=O)O)[C@H](O)[C@@H](n3cc(-c4cc(F)c(F)c(F)c4)nn3)[C@H]2O1. The number of aliphatic carboxylic acids is 1. The average Bonchev–Trinajstić information content (AvgIpc) is 3.32. The van der Waals surface area contributed by atoms with Gasteiger partial charge in [-0.25, -0.2) is 22.6 Å². The highest BCUT2D eigenvalue weighted by Crippen LogP contribution is 2.42. The molecule has 2 aliphatic heterocycles. The topological polar surface area (TPSA) is 116 Å². The van der Waals surface area contributed by atoms with Crippen LogP contribution in [0.3, 0.4) is 0 Å². The number of carbonyl (C=O) groups is 1. The molecule has 6 atom stereocenters. The Kier molecular flexibility index (Phi) is 5.83. The highest BCUT2D eigenvalue weighted by molar-refractivity contribution is 5.73. The largest absolute Gasteiger partial charge is 0.479 e. The summed E-state index contributed by atoms with van der Waals surface area (Å²) in [5.41, 5.74) is 0.564. The van der Waals surface area contributed by atoms with Gasteiger partial charge in [0.25, 0.3) is 0 Å². The second-order valence-electron chi connectivity index (χ2n) is 8.46. The van der Waals surface area contributed by atoms with Crippen LogP contribution in [0, 0.1) is 17.5 Å². The molecule has 0 radical (unpaired) electrons. The number of aromatic nitrogens is 3. The standard InChI is InChI=1S/C23H20F3N3O6/c1-23(12-5-3-2-4-6-12)33-10-16-20(35-23)18(19(30)21(34-16)22(31)32)29-9-15(27-28-29)11-7-13(24)17(26)14(25)8-11/h2-9,16,18-21,30H,10H2,1H3,(H,31,32)/t16-,18-,19-,20+,21-,23?/m1/s1. The number of nitrogens with zero attached hydrogens (tertiary/aromatic N) is 3. The molecule has 3 heterocycles. The summed E-state index contributed by atoms with van der Waals surface area (Å²) in [6.45, 7) is 1.64. The smallest absolute Gasteiger partial charge is 0.335 e. The number of aliphatic hydroxyl groups is 1. The lowest BCUT2D eigenvalue weighted by atomic mass is 9.90. The summed E-state index contributed by atoms with van der Waals surface area (Å²) in [4.78, 5) is 11.8. The first-order valence-electron chi connectivity index (χ1n) is 10.7. The molecule has 1 aromatic heterocycles. The van der Waals surface area contributed by atoms with Crippen molar-refractivity contribution in [3.63, 3.8) is 0 Å². The number of carboxylic acids is 1. The molecule has 0 aliphatic carbocycles. The van der Waals surface area contributed by atoms with Crippen molar-refractivity contribution in [3.8, 4) is 11.3 Å². The van der Waals surface area contributed by atoms with Gasteiger partial charge in [0.2, 0.25) is 0 Å². The van der Waals surface area contributed by atoms with E-state index >= 15 is 0 Å². The summed E-state index contributed by atoms with van der Waals surface area (Å²) < 4.78 is 59.7. The zero-order valence-corrected chi connectivity index (χ0v) is 18.2. The van der Waals surface area contributed by atoms with Crippen molar-refractivity contribution in [2.45, 2.75) is 43.2 Å².